The Morgan fingerprint density at radius 3 is 2.47 bits per heavy atom. The fraction of sp³-hybridized carbons (Fsp3) is 0.909. The molecule has 0 atom stereocenters. The molecule has 0 bridgehead atoms. The molecule has 0 aromatic heterocycles. The Balaban J connectivity index is 2.31. The summed E-state index contributed by atoms with van der Waals surface area (Å²) in [6, 6.07) is 0. The summed E-state index contributed by atoms with van der Waals surface area (Å²) in [5, 5.41) is 12.3. The van der Waals surface area contributed by atoms with Crippen LogP contribution >= 0.6 is 0 Å². The van der Waals surface area contributed by atoms with E-state index in [1.807, 2.05) is 19.0 Å². The average molecular weight is 214 g/mol. The molecule has 4 heteroatoms. The van der Waals surface area contributed by atoms with Crippen molar-refractivity contribution < 1.29 is 9.90 Å². The van der Waals surface area contributed by atoms with Crippen LogP contribution in [0, 0.1) is 5.41 Å². The first-order chi connectivity index (χ1) is 7.08. The summed E-state index contributed by atoms with van der Waals surface area (Å²) in [4.78, 5) is 13.3. The maximum atomic E-state index is 11.4. The molecule has 1 saturated carbocycles. The quantitative estimate of drug-likeness (QED) is 0.688. The number of aliphatic hydroxyl groups is 1. The smallest absolute Gasteiger partial charge is 0.234 e. The van der Waals surface area contributed by atoms with Crippen LogP contribution in [0.3, 0.4) is 0 Å². The Labute approximate surface area is 91.6 Å². The van der Waals surface area contributed by atoms with E-state index in [0.29, 0.717) is 13.1 Å². The van der Waals surface area contributed by atoms with E-state index in [-0.39, 0.29) is 17.9 Å². The third kappa shape index (κ3) is 3.80. The van der Waals surface area contributed by atoms with Gasteiger partial charge >= 0.3 is 0 Å². The monoisotopic (exact) mass is 214 g/mol. The first kappa shape index (κ1) is 12.5. The van der Waals surface area contributed by atoms with Crippen LogP contribution in [-0.4, -0.2) is 49.7 Å². The van der Waals surface area contributed by atoms with E-state index in [4.69, 9.17) is 0 Å². The number of nitrogens with zero attached hydrogens (tertiary/aromatic N) is 1. The van der Waals surface area contributed by atoms with Gasteiger partial charge in [-0.05, 0) is 26.9 Å². The number of hydrogen-bond donors (Lipinski definition) is 2. The normalized spacial score (nSPS) is 19.5. The zero-order valence-electron chi connectivity index (χ0n) is 9.75. The Morgan fingerprint density at radius 1 is 1.40 bits per heavy atom. The van der Waals surface area contributed by atoms with E-state index in [1.54, 1.807) is 0 Å². The molecular formula is C11H22N2O2. The van der Waals surface area contributed by atoms with E-state index in [0.717, 1.165) is 12.8 Å². The van der Waals surface area contributed by atoms with E-state index in [9.17, 15) is 9.90 Å². The topological polar surface area (TPSA) is 52.6 Å². The predicted molar refractivity (Wildman–Crippen MR) is 59.6 cm³/mol. The van der Waals surface area contributed by atoms with Gasteiger partial charge in [-0.15, -0.1) is 0 Å². The van der Waals surface area contributed by atoms with Crippen LogP contribution < -0.4 is 5.32 Å². The first-order valence-corrected chi connectivity index (χ1v) is 5.60. The molecule has 0 saturated heterocycles. The molecule has 1 fully saturated rings. The molecule has 0 radical (unpaired) electrons. The molecule has 0 heterocycles. The largest absolute Gasteiger partial charge is 0.396 e. The molecule has 0 aliphatic heterocycles. The lowest BCUT2D eigenvalue weighted by atomic mass is 9.87. The van der Waals surface area contributed by atoms with Gasteiger partial charge in [0, 0.05) is 12.0 Å². The number of carbonyl (C=O) groups excluding carboxylic acids is 1. The molecule has 0 aromatic carbocycles. The number of rotatable bonds is 5. The van der Waals surface area contributed by atoms with Crippen molar-refractivity contribution in [3.63, 3.8) is 0 Å². The highest BCUT2D eigenvalue weighted by Gasteiger charge is 2.33. The number of aliphatic hydroxyl groups excluding tert-OH is 1. The third-order valence-electron chi connectivity index (χ3n) is 3.12. The fourth-order valence-electron chi connectivity index (χ4n) is 2.14. The van der Waals surface area contributed by atoms with Crippen molar-refractivity contribution in [2.24, 2.45) is 5.41 Å². The summed E-state index contributed by atoms with van der Waals surface area (Å²) in [7, 11) is 3.74. The number of amides is 1. The van der Waals surface area contributed by atoms with Gasteiger partial charge in [-0.1, -0.05) is 12.8 Å². The molecule has 88 valence electrons. The highest BCUT2D eigenvalue weighted by Crippen LogP contribution is 2.36. The van der Waals surface area contributed by atoms with E-state index in [1.165, 1.54) is 12.8 Å². The molecule has 0 spiro atoms. The number of nitrogens with one attached hydrogen (secondary N) is 1. The maximum Gasteiger partial charge on any atom is 0.234 e. The van der Waals surface area contributed by atoms with Crippen molar-refractivity contribution in [2.45, 2.75) is 25.7 Å². The zero-order valence-corrected chi connectivity index (χ0v) is 9.75. The second-order valence-electron chi connectivity index (χ2n) is 4.88. The summed E-state index contributed by atoms with van der Waals surface area (Å²) < 4.78 is 0. The SMILES string of the molecule is CN(C)CC(=O)NCC1(CO)CCCC1. The molecule has 0 aromatic rings. The highest BCUT2D eigenvalue weighted by molar-refractivity contribution is 5.77. The lowest BCUT2D eigenvalue weighted by Crippen LogP contribution is -2.41. The third-order valence-corrected chi connectivity index (χ3v) is 3.12. The van der Waals surface area contributed by atoms with Crippen LogP contribution in [0.4, 0.5) is 0 Å². The average Bonchev–Trinajstić information content (AvgIpc) is 2.63. The molecule has 1 rings (SSSR count). The van der Waals surface area contributed by atoms with E-state index >= 15 is 0 Å². The number of hydrogen-bond acceptors (Lipinski definition) is 3. The Kier molecular flexibility index (Phi) is 4.54. The molecular weight excluding hydrogens is 192 g/mol. The molecule has 1 aliphatic carbocycles. The van der Waals surface area contributed by atoms with Gasteiger partial charge in [-0.2, -0.15) is 0 Å². The molecule has 4 nitrogen and oxygen atoms in total. The van der Waals surface area contributed by atoms with Gasteiger partial charge in [0.25, 0.3) is 0 Å². The van der Waals surface area contributed by atoms with Gasteiger partial charge in [-0.25, -0.2) is 0 Å². The van der Waals surface area contributed by atoms with Crippen molar-refractivity contribution in [3.05, 3.63) is 0 Å². The van der Waals surface area contributed by atoms with E-state index < -0.39 is 0 Å². The minimum Gasteiger partial charge on any atom is -0.396 e. The van der Waals surface area contributed by atoms with Crippen molar-refractivity contribution in [1.29, 1.82) is 0 Å². The van der Waals surface area contributed by atoms with Gasteiger partial charge in [-0.3, -0.25) is 4.79 Å². The zero-order chi connectivity index (χ0) is 11.3. The van der Waals surface area contributed by atoms with Gasteiger partial charge in [0.2, 0.25) is 5.91 Å². The molecule has 15 heavy (non-hydrogen) atoms. The Bertz CT molecular complexity index is 211. The highest BCUT2D eigenvalue weighted by atomic mass is 16.3. The van der Waals surface area contributed by atoms with Gasteiger partial charge in [0.15, 0.2) is 0 Å². The molecule has 2 N–H and O–H groups in total. The standard InChI is InChI=1S/C11H22N2O2/c1-13(2)7-10(15)12-8-11(9-14)5-3-4-6-11/h14H,3-9H2,1-2H3,(H,12,15). The predicted octanol–water partition coefficient (Wildman–Crippen LogP) is 0.217. The Hall–Kier alpha value is -0.610. The molecule has 0 unspecified atom stereocenters. The van der Waals surface area contributed by atoms with Crippen LogP contribution in [0.1, 0.15) is 25.7 Å². The van der Waals surface area contributed by atoms with Crippen LogP contribution in [0.5, 0.6) is 0 Å². The lowest BCUT2D eigenvalue weighted by Gasteiger charge is -2.26. The van der Waals surface area contributed by atoms with E-state index in [2.05, 4.69) is 5.32 Å². The van der Waals surface area contributed by atoms with Crippen LogP contribution in [0.2, 0.25) is 0 Å². The van der Waals surface area contributed by atoms with Crippen LogP contribution in [-0.2, 0) is 4.79 Å². The fourth-order valence-corrected chi connectivity index (χ4v) is 2.14. The van der Waals surface area contributed by atoms with Crippen LogP contribution in [0.15, 0.2) is 0 Å². The summed E-state index contributed by atoms with van der Waals surface area (Å²) in [5.41, 5.74) is -0.0397. The Morgan fingerprint density at radius 2 is 2.00 bits per heavy atom. The second-order valence-corrected chi connectivity index (χ2v) is 4.88. The maximum absolute atomic E-state index is 11.4. The summed E-state index contributed by atoms with van der Waals surface area (Å²) in [6.45, 7) is 1.23. The van der Waals surface area contributed by atoms with Crippen molar-refractivity contribution >= 4 is 5.91 Å². The first-order valence-electron chi connectivity index (χ1n) is 5.60. The van der Waals surface area contributed by atoms with Gasteiger partial charge in [0.05, 0.1) is 13.2 Å². The summed E-state index contributed by atoms with van der Waals surface area (Å²) in [5.74, 6) is 0.0414. The minimum absolute atomic E-state index is 0.0397. The summed E-state index contributed by atoms with van der Waals surface area (Å²) >= 11 is 0. The summed E-state index contributed by atoms with van der Waals surface area (Å²) in [6.07, 6.45) is 4.41. The minimum atomic E-state index is -0.0397. The number of carbonyl (C=O) groups is 1. The number of likely N-dealkylation sites (N-methyl/N-ethyl adjacent to an activating group) is 1. The lowest BCUT2D eigenvalue weighted by molar-refractivity contribution is -0.122. The van der Waals surface area contributed by atoms with Gasteiger partial charge in [0.1, 0.15) is 0 Å². The molecule has 1 aliphatic rings. The van der Waals surface area contributed by atoms with Crippen LogP contribution in [0.25, 0.3) is 0 Å². The van der Waals surface area contributed by atoms with Crippen molar-refractivity contribution in [2.75, 3.05) is 33.8 Å². The second kappa shape index (κ2) is 5.47. The van der Waals surface area contributed by atoms with Crippen molar-refractivity contribution in [3.8, 4) is 0 Å². The van der Waals surface area contributed by atoms with Gasteiger partial charge < -0.3 is 15.3 Å². The molecule has 1 amide bonds. The van der Waals surface area contributed by atoms with Crippen molar-refractivity contribution in [1.82, 2.24) is 10.2 Å².